The van der Waals surface area contributed by atoms with Crippen molar-refractivity contribution >= 4 is 11.6 Å². The minimum absolute atomic E-state index is 0.0849. The van der Waals surface area contributed by atoms with Crippen molar-refractivity contribution in [2.75, 3.05) is 0 Å². The maximum atomic E-state index is 6.38. The van der Waals surface area contributed by atoms with Gasteiger partial charge in [0.2, 0.25) is 0 Å². The molecular formula is C26H23ClN4. The van der Waals surface area contributed by atoms with Gasteiger partial charge in [-0.2, -0.15) is 5.10 Å². The molecule has 0 spiro atoms. The number of nitrogens with zero attached hydrogens (tertiary/aromatic N) is 4. The molecule has 154 valence electrons. The van der Waals surface area contributed by atoms with Gasteiger partial charge in [-0.3, -0.25) is 4.68 Å². The third-order valence-corrected chi connectivity index (χ3v) is 5.51. The van der Waals surface area contributed by atoms with Crippen LogP contribution in [0.2, 0.25) is 5.02 Å². The Morgan fingerprint density at radius 3 is 2.68 bits per heavy atom. The van der Waals surface area contributed by atoms with Gasteiger partial charge in [-0.25, -0.2) is 4.98 Å². The number of imidazole rings is 1. The molecule has 0 aliphatic carbocycles. The fourth-order valence-electron chi connectivity index (χ4n) is 3.86. The first kappa shape index (κ1) is 19.7. The molecule has 0 saturated heterocycles. The third-order valence-electron chi connectivity index (χ3n) is 5.28. The monoisotopic (exact) mass is 426 g/mol. The lowest BCUT2D eigenvalue weighted by Crippen LogP contribution is -2.03. The molecule has 4 aromatic rings. The Labute approximate surface area is 187 Å². The fraction of sp³-hybridized carbons (Fsp3) is 0.231. The second-order valence-corrected chi connectivity index (χ2v) is 9.37. The van der Waals surface area contributed by atoms with Crippen molar-refractivity contribution in [3.63, 3.8) is 0 Å². The second kappa shape index (κ2) is 7.44. The van der Waals surface area contributed by atoms with Gasteiger partial charge in [0.25, 0.3) is 0 Å². The van der Waals surface area contributed by atoms with E-state index in [9.17, 15) is 0 Å². The molecule has 0 amide bonds. The number of aromatic nitrogens is 4. The van der Waals surface area contributed by atoms with E-state index in [2.05, 4.69) is 72.6 Å². The number of hydrogen-bond acceptors (Lipinski definition) is 2. The lowest BCUT2D eigenvalue weighted by atomic mass is 9.97. The van der Waals surface area contributed by atoms with Crippen LogP contribution in [-0.2, 0) is 13.0 Å². The molecule has 1 aliphatic rings. The van der Waals surface area contributed by atoms with E-state index < -0.39 is 0 Å². The van der Waals surface area contributed by atoms with Crippen molar-refractivity contribution in [1.82, 2.24) is 19.3 Å². The standard InChI is InChI=1S/C26H23ClN4/c1-26(2,3)12-11-22-24-13-19-16-30(15-18-7-5-4-6-8-18)29-25(19)21-14-20(27)9-10-23(21)31(24)17-28-22/h4-10,14,16-17H,13,15H2,1-3H3. The fourth-order valence-corrected chi connectivity index (χ4v) is 4.03. The van der Waals surface area contributed by atoms with Crippen LogP contribution in [0.3, 0.4) is 0 Å². The average molecular weight is 427 g/mol. The van der Waals surface area contributed by atoms with E-state index in [0.717, 1.165) is 40.4 Å². The van der Waals surface area contributed by atoms with Crippen LogP contribution < -0.4 is 0 Å². The lowest BCUT2D eigenvalue weighted by Gasteiger charge is -2.10. The summed E-state index contributed by atoms with van der Waals surface area (Å²) in [4.78, 5) is 4.64. The second-order valence-electron chi connectivity index (χ2n) is 8.93. The van der Waals surface area contributed by atoms with Crippen molar-refractivity contribution in [3.05, 3.63) is 88.6 Å². The summed E-state index contributed by atoms with van der Waals surface area (Å²) < 4.78 is 4.14. The zero-order chi connectivity index (χ0) is 21.6. The van der Waals surface area contributed by atoms with E-state index in [1.165, 1.54) is 5.56 Å². The lowest BCUT2D eigenvalue weighted by molar-refractivity contribution is 0.571. The quantitative estimate of drug-likeness (QED) is 0.337. The van der Waals surface area contributed by atoms with E-state index >= 15 is 0 Å². The first-order valence-electron chi connectivity index (χ1n) is 10.4. The molecular weight excluding hydrogens is 404 g/mol. The number of hydrogen-bond donors (Lipinski definition) is 0. The summed E-state index contributed by atoms with van der Waals surface area (Å²) in [5.74, 6) is 6.63. The Hall–Kier alpha value is -3.29. The summed E-state index contributed by atoms with van der Waals surface area (Å²) in [5.41, 5.74) is 7.19. The minimum atomic E-state index is -0.0849. The molecule has 0 unspecified atom stereocenters. The van der Waals surface area contributed by atoms with Gasteiger partial charge in [-0.05, 0) is 50.5 Å². The van der Waals surface area contributed by atoms with Gasteiger partial charge in [0.05, 0.1) is 23.6 Å². The summed E-state index contributed by atoms with van der Waals surface area (Å²) in [7, 11) is 0. The smallest absolute Gasteiger partial charge is 0.135 e. The highest BCUT2D eigenvalue weighted by Gasteiger charge is 2.25. The van der Waals surface area contributed by atoms with Crippen LogP contribution in [0, 0.1) is 17.3 Å². The van der Waals surface area contributed by atoms with Gasteiger partial charge in [-0.15, -0.1) is 0 Å². The van der Waals surface area contributed by atoms with E-state index in [1.54, 1.807) is 0 Å². The first-order valence-corrected chi connectivity index (χ1v) is 10.8. The van der Waals surface area contributed by atoms with Crippen molar-refractivity contribution in [2.24, 2.45) is 5.41 Å². The molecule has 0 fully saturated rings. The summed E-state index contributed by atoms with van der Waals surface area (Å²) in [6.45, 7) is 7.05. The molecule has 1 aliphatic heterocycles. The number of halogens is 1. The summed E-state index contributed by atoms with van der Waals surface area (Å²) >= 11 is 6.38. The Morgan fingerprint density at radius 1 is 1.10 bits per heavy atom. The van der Waals surface area contributed by atoms with Crippen LogP contribution in [0.5, 0.6) is 0 Å². The number of rotatable bonds is 2. The molecule has 2 aromatic carbocycles. The Kier molecular flexibility index (Phi) is 4.72. The van der Waals surface area contributed by atoms with Crippen molar-refractivity contribution in [3.8, 4) is 28.8 Å². The predicted molar refractivity (Wildman–Crippen MR) is 124 cm³/mol. The minimum Gasteiger partial charge on any atom is -0.301 e. The van der Waals surface area contributed by atoms with Crippen LogP contribution in [0.1, 0.15) is 43.3 Å². The molecule has 3 heterocycles. The molecule has 4 nitrogen and oxygen atoms in total. The van der Waals surface area contributed by atoms with Gasteiger partial charge >= 0.3 is 0 Å². The van der Waals surface area contributed by atoms with Crippen molar-refractivity contribution in [2.45, 2.75) is 33.7 Å². The van der Waals surface area contributed by atoms with Crippen LogP contribution >= 0.6 is 11.6 Å². The number of benzene rings is 2. The van der Waals surface area contributed by atoms with Gasteiger partial charge in [0, 0.05) is 34.2 Å². The molecule has 0 N–H and O–H groups in total. The van der Waals surface area contributed by atoms with E-state index in [1.807, 2.05) is 35.3 Å². The SMILES string of the molecule is CC(C)(C)C#Cc1ncn2c1Cc1cn(Cc3ccccc3)nc1-c1cc(Cl)ccc1-2. The normalized spacial score (nSPS) is 12.3. The average Bonchev–Trinajstić information content (AvgIpc) is 3.28. The van der Waals surface area contributed by atoms with Crippen LogP contribution in [0.4, 0.5) is 0 Å². The summed E-state index contributed by atoms with van der Waals surface area (Å²) in [6.07, 6.45) is 4.71. The maximum Gasteiger partial charge on any atom is 0.135 e. The predicted octanol–water partition coefficient (Wildman–Crippen LogP) is 5.74. The highest BCUT2D eigenvalue weighted by atomic mass is 35.5. The van der Waals surface area contributed by atoms with Crippen molar-refractivity contribution in [1.29, 1.82) is 0 Å². The molecule has 0 bridgehead atoms. The highest BCUT2D eigenvalue weighted by Crippen LogP contribution is 2.36. The van der Waals surface area contributed by atoms with Crippen LogP contribution in [-0.4, -0.2) is 19.3 Å². The highest BCUT2D eigenvalue weighted by molar-refractivity contribution is 6.31. The topological polar surface area (TPSA) is 35.6 Å². The Bertz CT molecular complexity index is 1330. The van der Waals surface area contributed by atoms with Gasteiger partial charge < -0.3 is 4.57 Å². The first-order chi connectivity index (χ1) is 14.9. The third kappa shape index (κ3) is 3.89. The molecule has 2 aromatic heterocycles. The molecule has 5 heteroatoms. The Morgan fingerprint density at radius 2 is 1.90 bits per heavy atom. The maximum absolute atomic E-state index is 6.38. The van der Waals surface area contributed by atoms with E-state index in [4.69, 9.17) is 16.7 Å². The molecule has 5 rings (SSSR count). The zero-order valence-corrected chi connectivity index (χ0v) is 18.6. The van der Waals surface area contributed by atoms with Crippen LogP contribution in [0.25, 0.3) is 16.9 Å². The van der Waals surface area contributed by atoms with E-state index in [0.29, 0.717) is 11.4 Å². The largest absolute Gasteiger partial charge is 0.301 e. The van der Waals surface area contributed by atoms with Gasteiger partial charge in [-0.1, -0.05) is 47.9 Å². The molecule has 31 heavy (non-hydrogen) atoms. The molecule has 0 saturated carbocycles. The number of fused-ring (bicyclic) bond motifs is 5. The molecule has 0 radical (unpaired) electrons. The van der Waals surface area contributed by atoms with E-state index in [-0.39, 0.29) is 5.41 Å². The Balaban J connectivity index is 1.65. The molecule has 0 atom stereocenters. The zero-order valence-electron chi connectivity index (χ0n) is 17.9. The summed E-state index contributed by atoms with van der Waals surface area (Å²) in [5, 5.41) is 5.65. The van der Waals surface area contributed by atoms with Crippen molar-refractivity contribution < 1.29 is 0 Å². The van der Waals surface area contributed by atoms with Gasteiger partial charge in [0.15, 0.2) is 0 Å². The van der Waals surface area contributed by atoms with Crippen LogP contribution in [0.15, 0.2) is 61.1 Å². The van der Waals surface area contributed by atoms with Gasteiger partial charge in [0.1, 0.15) is 12.0 Å². The summed E-state index contributed by atoms with van der Waals surface area (Å²) in [6, 6.07) is 16.3.